The molecule has 21 heavy (non-hydrogen) atoms. The van der Waals surface area contributed by atoms with Gasteiger partial charge in [-0.1, -0.05) is 36.4 Å². The molecule has 2 aliphatic rings. The lowest BCUT2D eigenvalue weighted by Gasteiger charge is -2.15. The molecule has 0 atom stereocenters. The summed E-state index contributed by atoms with van der Waals surface area (Å²) in [6, 6.07) is 8.66. The molecule has 0 saturated carbocycles. The van der Waals surface area contributed by atoms with Gasteiger partial charge in [-0.3, -0.25) is 9.69 Å². The first-order chi connectivity index (χ1) is 10.3. The molecule has 1 aliphatic carbocycles. The molecule has 0 radical (unpaired) electrons. The number of carbonyl (C=O) groups excluding carboxylic acids is 1. The summed E-state index contributed by atoms with van der Waals surface area (Å²) < 4.78 is 0. The Labute approximate surface area is 127 Å². The number of benzene rings is 1. The van der Waals surface area contributed by atoms with Crippen molar-refractivity contribution in [1.82, 2.24) is 10.2 Å². The van der Waals surface area contributed by atoms with Gasteiger partial charge < -0.3 is 5.32 Å². The van der Waals surface area contributed by atoms with Gasteiger partial charge in [0.1, 0.15) is 0 Å². The van der Waals surface area contributed by atoms with Crippen LogP contribution in [-0.2, 0) is 17.9 Å². The molecule has 1 aromatic rings. The van der Waals surface area contributed by atoms with E-state index < -0.39 is 0 Å². The Balaban J connectivity index is 1.46. The Kier molecular flexibility index (Phi) is 4.71. The largest absolute Gasteiger partial charge is 0.352 e. The number of hydrogen-bond donors (Lipinski definition) is 1. The van der Waals surface area contributed by atoms with E-state index in [1.54, 1.807) is 0 Å². The van der Waals surface area contributed by atoms with E-state index in [4.69, 9.17) is 0 Å². The van der Waals surface area contributed by atoms with Crippen molar-refractivity contribution in [1.29, 1.82) is 0 Å². The average Bonchev–Trinajstić information content (AvgIpc) is 3.19. The molecule has 0 aromatic heterocycles. The molecule has 112 valence electrons. The van der Waals surface area contributed by atoms with Crippen LogP contribution in [0.15, 0.2) is 36.4 Å². The second kappa shape index (κ2) is 6.90. The van der Waals surface area contributed by atoms with Crippen LogP contribution in [0.1, 0.15) is 36.8 Å². The van der Waals surface area contributed by atoms with Crippen LogP contribution in [0.3, 0.4) is 0 Å². The van der Waals surface area contributed by atoms with E-state index in [0.29, 0.717) is 6.54 Å². The maximum atomic E-state index is 12.0. The first kappa shape index (κ1) is 14.3. The van der Waals surface area contributed by atoms with Crippen LogP contribution in [0.25, 0.3) is 0 Å². The van der Waals surface area contributed by atoms with E-state index in [-0.39, 0.29) is 11.8 Å². The number of amides is 1. The number of nitrogens with one attached hydrogen (secondary N) is 1. The molecule has 0 bridgehead atoms. The molecule has 1 heterocycles. The molecular formula is C18H24N2O. The number of carbonyl (C=O) groups is 1. The Bertz CT molecular complexity index is 492. The molecule has 1 saturated heterocycles. The van der Waals surface area contributed by atoms with Crippen LogP contribution < -0.4 is 5.32 Å². The van der Waals surface area contributed by atoms with Gasteiger partial charge in [0.05, 0.1) is 0 Å². The molecule has 3 nitrogen and oxygen atoms in total. The van der Waals surface area contributed by atoms with Crippen LogP contribution in [0.5, 0.6) is 0 Å². The van der Waals surface area contributed by atoms with Crippen molar-refractivity contribution < 1.29 is 4.79 Å². The van der Waals surface area contributed by atoms with Gasteiger partial charge in [-0.2, -0.15) is 0 Å². The Hall–Kier alpha value is -1.61. The number of nitrogens with zero attached hydrogens (tertiary/aromatic N) is 1. The number of likely N-dealkylation sites (tertiary alicyclic amines) is 1. The third-order valence-corrected chi connectivity index (χ3v) is 4.47. The van der Waals surface area contributed by atoms with Crippen molar-refractivity contribution in [3.05, 3.63) is 47.5 Å². The number of allylic oxidation sites excluding steroid dienone is 2. The third kappa shape index (κ3) is 3.94. The van der Waals surface area contributed by atoms with Crippen molar-refractivity contribution in [3.63, 3.8) is 0 Å². The summed E-state index contributed by atoms with van der Waals surface area (Å²) in [4.78, 5) is 14.5. The van der Waals surface area contributed by atoms with Crippen LogP contribution in [0.4, 0.5) is 0 Å². The molecule has 1 N–H and O–H groups in total. The number of rotatable bonds is 5. The van der Waals surface area contributed by atoms with Gasteiger partial charge in [-0.05, 0) is 49.9 Å². The van der Waals surface area contributed by atoms with E-state index in [2.05, 4.69) is 46.6 Å². The zero-order valence-electron chi connectivity index (χ0n) is 12.6. The summed E-state index contributed by atoms with van der Waals surface area (Å²) in [5.41, 5.74) is 2.55. The van der Waals surface area contributed by atoms with E-state index >= 15 is 0 Å². The minimum absolute atomic E-state index is 0.152. The van der Waals surface area contributed by atoms with Crippen molar-refractivity contribution in [2.24, 2.45) is 5.92 Å². The quantitative estimate of drug-likeness (QED) is 0.843. The zero-order chi connectivity index (χ0) is 14.5. The molecule has 3 heteroatoms. The predicted octanol–water partition coefficient (Wildman–Crippen LogP) is 2.86. The molecule has 1 aromatic carbocycles. The minimum Gasteiger partial charge on any atom is -0.352 e. The van der Waals surface area contributed by atoms with Gasteiger partial charge in [-0.15, -0.1) is 0 Å². The van der Waals surface area contributed by atoms with Gasteiger partial charge in [0.2, 0.25) is 5.91 Å². The summed E-state index contributed by atoms with van der Waals surface area (Å²) in [5.74, 6) is 0.334. The SMILES string of the molecule is O=C(NCc1ccc(CN2CCCC2)cc1)C1CC=CC1. The molecule has 1 aliphatic heterocycles. The third-order valence-electron chi connectivity index (χ3n) is 4.47. The van der Waals surface area contributed by atoms with E-state index in [0.717, 1.165) is 19.4 Å². The summed E-state index contributed by atoms with van der Waals surface area (Å²) in [5, 5.41) is 3.04. The summed E-state index contributed by atoms with van der Waals surface area (Å²) in [6.45, 7) is 4.15. The van der Waals surface area contributed by atoms with Gasteiger partial charge in [0.25, 0.3) is 0 Å². The van der Waals surface area contributed by atoms with Crippen LogP contribution >= 0.6 is 0 Å². The van der Waals surface area contributed by atoms with Crippen molar-refractivity contribution in [3.8, 4) is 0 Å². The fourth-order valence-corrected chi connectivity index (χ4v) is 3.13. The van der Waals surface area contributed by atoms with Crippen molar-refractivity contribution in [2.75, 3.05) is 13.1 Å². The van der Waals surface area contributed by atoms with Gasteiger partial charge in [0.15, 0.2) is 0 Å². The summed E-state index contributed by atoms with van der Waals surface area (Å²) in [6.07, 6.45) is 8.64. The fraction of sp³-hybridized carbons (Fsp3) is 0.500. The maximum absolute atomic E-state index is 12.0. The summed E-state index contributed by atoms with van der Waals surface area (Å²) in [7, 11) is 0. The van der Waals surface area contributed by atoms with Gasteiger partial charge in [-0.25, -0.2) is 0 Å². The lowest BCUT2D eigenvalue weighted by Crippen LogP contribution is -2.28. The van der Waals surface area contributed by atoms with E-state index in [9.17, 15) is 4.79 Å². The first-order valence-electron chi connectivity index (χ1n) is 8.04. The van der Waals surface area contributed by atoms with Crippen LogP contribution in [0.2, 0.25) is 0 Å². The predicted molar refractivity (Wildman–Crippen MR) is 84.7 cm³/mol. The smallest absolute Gasteiger partial charge is 0.224 e. The normalized spacial score (nSPS) is 19.2. The van der Waals surface area contributed by atoms with Gasteiger partial charge in [0, 0.05) is 19.0 Å². The molecule has 0 spiro atoms. The highest BCUT2D eigenvalue weighted by molar-refractivity contribution is 5.79. The Morgan fingerprint density at radius 1 is 1.05 bits per heavy atom. The Morgan fingerprint density at radius 3 is 2.33 bits per heavy atom. The zero-order valence-corrected chi connectivity index (χ0v) is 12.6. The van der Waals surface area contributed by atoms with Gasteiger partial charge >= 0.3 is 0 Å². The molecule has 3 rings (SSSR count). The highest BCUT2D eigenvalue weighted by Crippen LogP contribution is 2.18. The van der Waals surface area contributed by atoms with E-state index in [1.165, 1.54) is 37.1 Å². The monoisotopic (exact) mass is 284 g/mol. The molecule has 1 amide bonds. The second-order valence-electron chi connectivity index (χ2n) is 6.16. The highest BCUT2D eigenvalue weighted by atomic mass is 16.1. The lowest BCUT2D eigenvalue weighted by atomic mass is 10.1. The standard InChI is InChI=1S/C18H24N2O/c21-18(17-5-1-2-6-17)19-13-15-7-9-16(10-8-15)14-20-11-3-4-12-20/h1-2,7-10,17H,3-6,11-14H2,(H,19,21). The number of hydrogen-bond acceptors (Lipinski definition) is 2. The second-order valence-corrected chi connectivity index (χ2v) is 6.16. The van der Waals surface area contributed by atoms with E-state index in [1.807, 2.05) is 0 Å². The Morgan fingerprint density at radius 2 is 1.67 bits per heavy atom. The van der Waals surface area contributed by atoms with Crippen molar-refractivity contribution in [2.45, 2.75) is 38.8 Å². The molecule has 1 fully saturated rings. The summed E-state index contributed by atoms with van der Waals surface area (Å²) >= 11 is 0. The maximum Gasteiger partial charge on any atom is 0.224 e. The fourth-order valence-electron chi connectivity index (χ4n) is 3.13. The van der Waals surface area contributed by atoms with Crippen molar-refractivity contribution >= 4 is 5.91 Å². The average molecular weight is 284 g/mol. The topological polar surface area (TPSA) is 32.3 Å². The van der Waals surface area contributed by atoms with Crippen LogP contribution in [0, 0.1) is 5.92 Å². The first-order valence-corrected chi connectivity index (χ1v) is 8.04. The highest BCUT2D eigenvalue weighted by Gasteiger charge is 2.18. The molecule has 0 unspecified atom stereocenters. The van der Waals surface area contributed by atoms with Crippen LogP contribution in [-0.4, -0.2) is 23.9 Å². The minimum atomic E-state index is 0.152. The lowest BCUT2D eigenvalue weighted by molar-refractivity contribution is -0.124. The molecular weight excluding hydrogens is 260 g/mol.